The zero-order valence-corrected chi connectivity index (χ0v) is 13.3. The molecule has 8 heteroatoms. The molecule has 1 aliphatic heterocycles. The molecule has 1 aromatic rings. The highest BCUT2D eigenvalue weighted by molar-refractivity contribution is 7.16. The number of carbonyl (C=O) groups excluding carboxylic acids is 2. The summed E-state index contributed by atoms with van der Waals surface area (Å²) in [6, 6.07) is 2.94. The van der Waals surface area contributed by atoms with Crippen LogP contribution in [-0.2, 0) is 9.59 Å². The van der Waals surface area contributed by atoms with Gasteiger partial charge in [0.05, 0.1) is 27.9 Å². The monoisotopic (exact) mass is 343 g/mol. The second-order valence-corrected chi connectivity index (χ2v) is 7.98. The summed E-state index contributed by atoms with van der Waals surface area (Å²) < 4.78 is 0. The Morgan fingerprint density at radius 1 is 1.21 bits per heavy atom. The van der Waals surface area contributed by atoms with Crippen molar-refractivity contribution in [2.75, 3.05) is 0 Å². The van der Waals surface area contributed by atoms with E-state index in [4.69, 9.17) is 0 Å². The molecule has 2 amide bonds. The van der Waals surface area contributed by atoms with Crippen LogP contribution in [0.3, 0.4) is 0 Å². The van der Waals surface area contributed by atoms with Crippen LogP contribution in [0.25, 0.3) is 0 Å². The molecule has 1 saturated heterocycles. The number of thiophene rings is 1. The third kappa shape index (κ3) is 1.59. The van der Waals surface area contributed by atoms with E-state index in [9.17, 15) is 19.7 Å². The molecular formula is C16H13N3O4S. The lowest BCUT2D eigenvalue weighted by molar-refractivity contribution is -0.380. The molecule has 3 aliphatic carbocycles. The van der Waals surface area contributed by atoms with Gasteiger partial charge in [-0.15, -0.1) is 0 Å². The summed E-state index contributed by atoms with van der Waals surface area (Å²) in [4.78, 5) is 36.1. The van der Waals surface area contributed by atoms with Gasteiger partial charge in [0, 0.05) is 6.07 Å². The lowest BCUT2D eigenvalue weighted by atomic mass is 9.85. The topological polar surface area (TPSA) is 92.9 Å². The molecule has 4 aliphatic rings. The minimum absolute atomic E-state index is 0.00492. The Morgan fingerprint density at radius 2 is 1.83 bits per heavy atom. The quantitative estimate of drug-likeness (QED) is 0.276. The molecule has 2 bridgehead atoms. The fourth-order valence-corrected chi connectivity index (χ4v) is 5.49. The first-order valence-corrected chi connectivity index (χ1v) is 8.69. The maximum absolute atomic E-state index is 12.7. The minimum Gasteiger partial charge on any atom is -0.272 e. The van der Waals surface area contributed by atoms with E-state index in [2.05, 4.69) is 17.3 Å². The van der Waals surface area contributed by atoms with Gasteiger partial charge in [-0.05, 0) is 36.2 Å². The van der Waals surface area contributed by atoms with Crippen molar-refractivity contribution < 1.29 is 14.5 Å². The fourth-order valence-electron chi connectivity index (χ4n) is 4.80. The van der Waals surface area contributed by atoms with Gasteiger partial charge < -0.3 is 0 Å². The molecule has 3 fully saturated rings. The van der Waals surface area contributed by atoms with E-state index in [1.807, 2.05) is 0 Å². The number of carbonyl (C=O) groups is 2. The van der Waals surface area contributed by atoms with Crippen LogP contribution in [-0.4, -0.2) is 28.0 Å². The molecular weight excluding hydrogens is 330 g/mol. The van der Waals surface area contributed by atoms with E-state index in [0.29, 0.717) is 4.88 Å². The van der Waals surface area contributed by atoms with Crippen LogP contribution in [0.4, 0.5) is 5.00 Å². The van der Waals surface area contributed by atoms with E-state index in [1.54, 1.807) is 6.07 Å². The summed E-state index contributed by atoms with van der Waals surface area (Å²) in [5.41, 5.74) is 0.171. The molecule has 7 nitrogen and oxygen atoms in total. The number of allylic oxidation sites excluding steroid dienone is 2. The number of fused-ring (bicyclic) bond motifs is 3. The molecule has 1 aromatic heterocycles. The van der Waals surface area contributed by atoms with Crippen molar-refractivity contribution >= 4 is 34.4 Å². The summed E-state index contributed by atoms with van der Waals surface area (Å²) >= 11 is 0.961. The highest BCUT2D eigenvalue weighted by atomic mass is 32.1. The minimum atomic E-state index is -0.475. The van der Waals surface area contributed by atoms with Crippen molar-refractivity contribution in [3.63, 3.8) is 0 Å². The van der Waals surface area contributed by atoms with E-state index in [0.717, 1.165) is 29.2 Å². The normalized spacial score (nSPS) is 34.8. The van der Waals surface area contributed by atoms with Crippen molar-refractivity contribution in [1.29, 1.82) is 0 Å². The molecule has 1 spiro atoms. The largest absolute Gasteiger partial charge is 0.324 e. The Labute approximate surface area is 140 Å². The zero-order valence-electron chi connectivity index (χ0n) is 12.5. The van der Waals surface area contributed by atoms with Gasteiger partial charge in [0.25, 0.3) is 11.8 Å². The molecule has 24 heavy (non-hydrogen) atoms. The van der Waals surface area contributed by atoms with Gasteiger partial charge in [-0.1, -0.05) is 23.5 Å². The summed E-state index contributed by atoms with van der Waals surface area (Å²) in [5, 5.41) is 15.7. The first-order chi connectivity index (χ1) is 11.5. The van der Waals surface area contributed by atoms with Gasteiger partial charge in [-0.2, -0.15) is 10.1 Å². The van der Waals surface area contributed by atoms with Gasteiger partial charge in [-0.25, -0.2) is 0 Å². The lowest BCUT2D eigenvalue weighted by Crippen LogP contribution is -2.30. The summed E-state index contributed by atoms with van der Waals surface area (Å²) in [6.45, 7) is 0. The first kappa shape index (κ1) is 14.0. The number of amides is 2. The van der Waals surface area contributed by atoms with Crippen molar-refractivity contribution in [3.8, 4) is 0 Å². The Kier molecular flexibility index (Phi) is 2.56. The van der Waals surface area contributed by atoms with Crippen molar-refractivity contribution in [2.24, 2.45) is 34.2 Å². The lowest BCUT2D eigenvalue weighted by Gasteiger charge is -2.18. The number of hydrogen-bond acceptors (Lipinski definition) is 6. The van der Waals surface area contributed by atoms with Crippen LogP contribution in [0.5, 0.6) is 0 Å². The number of hydrogen-bond donors (Lipinski definition) is 0. The number of nitrogens with zero attached hydrogens (tertiary/aromatic N) is 3. The maximum Gasteiger partial charge on any atom is 0.324 e. The van der Waals surface area contributed by atoms with Crippen LogP contribution in [0.15, 0.2) is 29.4 Å². The second-order valence-electron chi connectivity index (χ2n) is 6.89. The Balaban J connectivity index is 1.41. The number of nitro groups is 1. The van der Waals surface area contributed by atoms with Crippen LogP contribution in [0.2, 0.25) is 0 Å². The molecule has 2 saturated carbocycles. The average molecular weight is 343 g/mol. The van der Waals surface area contributed by atoms with Gasteiger partial charge in [0.1, 0.15) is 0 Å². The van der Waals surface area contributed by atoms with E-state index < -0.39 is 4.92 Å². The van der Waals surface area contributed by atoms with Crippen molar-refractivity contribution in [3.05, 3.63) is 39.3 Å². The molecule has 5 rings (SSSR count). The van der Waals surface area contributed by atoms with Crippen molar-refractivity contribution in [1.82, 2.24) is 5.01 Å². The Morgan fingerprint density at radius 3 is 2.33 bits per heavy atom. The zero-order chi connectivity index (χ0) is 16.6. The molecule has 4 atom stereocenters. The van der Waals surface area contributed by atoms with Crippen LogP contribution in [0.1, 0.15) is 17.7 Å². The molecule has 2 heterocycles. The van der Waals surface area contributed by atoms with E-state index in [-0.39, 0.29) is 45.9 Å². The summed E-state index contributed by atoms with van der Waals surface area (Å²) in [5.74, 6) is -0.653. The predicted molar refractivity (Wildman–Crippen MR) is 85.2 cm³/mol. The molecule has 0 unspecified atom stereocenters. The first-order valence-electron chi connectivity index (χ1n) is 7.87. The van der Waals surface area contributed by atoms with Crippen LogP contribution < -0.4 is 0 Å². The smallest absolute Gasteiger partial charge is 0.272 e. The fraction of sp³-hybridized carbons (Fsp3) is 0.438. The second kappa shape index (κ2) is 4.38. The molecule has 0 N–H and O–H groups in total. The van der Waals surface area contributed by atoms with E-state index >= 15 is 0 Å². The highest BCUT2D eigenvalue weighted by Crippen LogP contribution is 2.73. The van der Waals surface area contributed by atoms with Crippen LogP contribution in [0, 0.1) is 39.2 Å². The Bertz CT molecular complexity index is 819. The SMILES string of the molecule is O=C1[C@@H]2[C@H](C(=O)N1/N=C\c1ccc([N+](=O)[O-])s1)[C@H]1C=C[C@H]2C12CC2. The number of imide groups is 1. The Hall–Kier alpha value is -2.35. The standard InChI is InChI=1S/C16H13N3O4S/c20-14-12-9-2-3-10(16(9)5-6-16)13(12)15(21)18(14)17-7-8-1-4-11(24-8)19(22)23/h1-4,7,9-10,12-13H,5-6H2/b17-7-/t9-,10-,12-,13+/m1/s1. The van der Waals surface area contributed by atoms with Gasteiger partial charge in [-0.3, -0.25) is 19.7 Å². The summed E-state index contributed by atoms with van der Waals surface area (Å²) in [7, 11) is 0. The maximum atomic E-state index is 12.7. The molecule has 0 aromatic carbocycles. The van der Waals surface area contributed by atoms with E-state index in [1.165, 1.54) is 12.3 Å². The van der Waals surface area contributed by atoms with Gasteiger partial charge in [0.2, 0.25) is 0 Å². The summed E-state index contributed by atoms with van der Waals surface area (Å²) in [6.07, 6.45) is 7.78. The third-order valence-corrected chi connectivity index (χ3v) is 6.89. The number of hydrazone groups is 1. The van der Waals surface area contributed by atoms with Gasteiger partial charge in [0.15, 0.2) is 0 Å². The predicted octanol–water partition coefficient (Wildman–Crippen LogP) is 2.19. The number of rotatable bonds is 3. The highest BCUT2D eigenvalue weighted by Gasteiger charge is 2.73. The van der Waals surface area contributed by atoms with Gasteiger partial charge >= 0.3 is 5.00 Å². The third-order valence-electron chi connectivity index (χ3n) is 5.92. The average Bonchev–Trinajstić information content (AvgIpc) is 2.84. The molecule has 0 radical (unpaired) electrons. The van der Waals surface area contributed by atoms with Crippen LogP contribution >= 0.6 is 11.3 Å². The van der Waals surface area contributed by atoms with Crippen molar-refractivity contribution in [2.45, 2.75) is 12.8 Å². The molecule has 122 valence electrons.